The molecule has 2 heterocycles. The van der Waals surface area contributed by atoms with Crippen LogP contribution in [0.4, 0.5) is 10.1 Å². The van der Waals surface area contributed by atoms with Crippen molar-refractivity contribution in [2.75, 3.05) is 25.0 Å². The molecule has 4 rings (SSSR count). The minimum absolute atomic E-state index is 0.0469. The molecular weight excluding hydrogens is 443 g/mol. The number of rotatable bonds is 6. The topological polar surface area (TPSA) is 75.7 Å². The molecule has 0 radical (unpaired) electrons. The molecule has 1 saturated heterocycles. The van der Waals surface area contributed by atoms with Crippen LogP contribution in [0.1, 0.15) is 22.5 Å². The summed E-state index contributed by atoms with van der Waals surface area (Å²) in [6.45, 7) is 0.539. The van der Waals surface area contributed by atoms with Crippen molar-refractivity contribution in [2.24, 2.45) is 5.92 Å². The van der Waals surface area contributed by atoms with Crippen molar-refractivity contribution < 1.29 is 23.5 Å². The molecule has 0 bridgehead atoms. The molecule has 3 aromatic rings. The molecule has 1 aromatic heterocycles. The van der Waals surface area contributed by atoms with Gasteiger partial charge in [-0.1, -0.05) is 30.3 Å². The first-order chi connectivity index (χ1) is 16.0. The first kappa shape index (κ1) is 22.7. The van der Waals surface area contributed by atoms with Crippen LogP contribution >= 0.6 is 11.3 Å². The maximum atomic E-state index is 13.1. The molecule has 6 nitrogen and oxygen atoms in total. The molecule has 1 aliphatic heterocycles. The maximum absolute atomic E-state index is 13.1. The minimum atomic E-state index is -0.571. The van der Waals surface area contributed by atoms with Crippen LogP contribution in [0.3, 0.4) is 0 Å². The highest BCUT2D eigenvalue weighted by molar-refractivity contribution is 7.17. The summed E-state index contributed by atoms with van der Waals surface area (Å²) in [6, 6.07) is 18.7. The lowest BCUT2D eigenvalue weighted by Crippen LogP contribution is -2.43. The van der Waals surface area contributed by atoms with Gasteiger partial charge in [0.05, 0.1) is 0 Å². The second-order valence-corrected chi connectivity index (χ2v) is 8.84. The van der Waals surface area contributed by atoms with Crippen LogP contribution in [0.2, 0.25) is 0 Å². The fourth-order valence-corrected chi connectivity index (χ4v) is 4.57. The number of thiophene rings is 1. The zero-order valence-electron chi connectivity index (χ0n) is 17.8. The number of amides is 2. The van der Waals surface area contributed by atoms with E-state index in [-0.39, 0.29) is 30.2 Å². The van der Waals surface area contributed by atoms with E-state index in [2.05, 4.69) is 5.32 Å². The summed E-state index contributed by atoms with van der Waals surface area (Å²) in [5.41, 5.74) is 1.56. The summed E-state index contributed by atoms with van der Waals surface area (Å²) < 4.78 is 18.3. The van der Waals surface area contributed by atoms with E-state index in [1.165, 1.54) is 23.5 Å². The van der Waals surface area contributed by atoms with Crippen LogP contribution in [0.25, 0.3) is 10.4 Å². The average molecular weight is 467 g/mol. The molecule has 170 valence electrons. The lowest BCUT2D eigenvalue weighted by Gasteiger charge is -2.31. The van der Waals surface area contributed by atoms with Crippen molar-refractivity contribution in [2.45, 2.75) is 12.8 Å². The fourth-order valence-electron chi connectivity index (χ4n) is 3.66. The summed E-state index contributed by atoms with van der Waals surface area (Å²) >= 11 is 1.22. The van der Waals surface area contributed by atoms with Crippen LogP contribution < -0.4 is 5.32 Å². The zero-order chi connectivity index (χ0) is 23.2. The van der Waals surface area contributed by atoms with Crippen LogP contribution in [-0.4, -0.2) is 42.4 Å². The van der Waals surface area contributed by atoms with Crippen molar-refractivity contribution in [3.05, 3.63) is 77.4 Å². The number of benzene rings is 2. The van der Waals surface area contributed by atoms with Crippen molar-refractivity contribution >= 4 is 34.8 Å². The van der Waals surface area contributed by atoms with E-state index in [9.17, 15) is 18.8 Å². The van der Waals surface area contributed by atoms with Crippen LogP contribution in [0.5, 0.6) is 0 Å². The number of esters is 1. The standard InChI is InChI=1S/C25H23FN2O4S/c26-19-8-6-17(7-9-19)21-10-11-22(33-21)25(31)32-16-23(29)28-14-12-18(13-15-28)24(30)27-20-4-2-1-3-5-20/h1-11,18H,12-16H2,(H,27,30). The Labute approximate surface area is 195 Å². The molecule has 2 aromatic carbocycles. The summed E-state index contributed by atoms with van der Waals surface area (Å²) in [5, 5.41) is 2.90. The van der Waals surface area contributed by atoms with Gasteiger partial charge in [-0.15, -0.1) is 11.3 Å². The molecule has 0 unspecified atom stereocenters. The SMILES string of the molecule is O=C(OCC(=O)N1CCC(C(=O)Nc2ccccc2)CC1)c1ccc(-c2ccc(F)cc2)s1. The highest BCUT2D eigenvalue weighted by atomic mass is 32.1. The van der Waals surface area contributed by atoms with Crippen molar-refractivity contribution in [1.82, 2.24) is 4.90 Å². The largest absolute Gasteiger partial charge is 0.451 e. The van der Waals surface area contributed by atoms with E-state index in [1.54, 1.807) is 29.2 Å². The normalized spacial score (nSPS) is 14.0. The monoisotopic (exact) mass is 466 g/mol. The van der Waals surface area contributed by atoms with E-state index in [0.717, 1.165) is 16.1 Å². The molecule has 0 atom stereocenters. The fraction of sp³-hybridized carbons (Fsp3) is 0.240. The van der Waals surface area contributed by atoms with Gasteiger partial charge in [-0.2, -0.15) is 0 Å². The van der Waals surface area contributed by atoms with Gasteiger partial charge in [0.15, 0.2) is 6.61 Å². The number of hydrogen-bond donors (Lipinski definition) is 1. The molecule has 8 heteroatoms. The molecule has 2 amide bonds. The molecule has 0 saturated carbocycles. The third-order valence-electron chi connectivity index (χ3n) is 5.52. The van der Waals surface area contributed by atoms with Gasteiger partial charge >= 0.3 is 5.97 Å². The number of piperidine rings is 1. The summed E-state index contributed by atoms with van der Waals surface area (Å²) in [4.78, 5) is 40.1. The van der Waals surface area contributed by atoms with Gasteiger partial charge < -0.3 is 15.0 Å². The zero-order valence-corrected chi connectivity index (χ0v) is 18.6. The Bertz CT molecular complexity index is 1120. The predicted molar refractivity (Wildman–Crippen MR) is 124 cm³/mol. The molecule has 1 fully saturated rings. The van der Waals surface area contributed by atoms with Crippen molar-refractivity contribution in [3.8, 4) is 10.4 Å². The molecule has 1 N–H and O–H groups in total. The Hall–Kier alpha value is -3.52. The second kappa shape index (κ2) is 10.4. The van der Waals surface area contributed by atoms with Gasteiger partial charge in [0.1, 0.15) is 10.7 Å². The van der Waals surface area contributed by atoms with Gasteiger partial charge in [0, 0.05) is 29.6 Å². The number of anilines is 1. The summed E-state index contributed by atoms with van der Waals surface area (Å²) in [6.07, 6.45) is 1.12. The van der Waals surface area contributed by atoms with Crippen LogP contribution in [0.15, 0.2) is 66.7 Å². The maximum Gasteiger partial charge on any atom is 0.348 e. The van der Waals surface area contributed by atoms with Crippen molar-refractivity contribution in [3.63, 3.8) is 0 Å². The van der Waals surface area contributed by atoms with Crippen molar-refractivity contribution in [1.29, 1.82) is 0 Å². The molecular formula is C25H23FN2O4S. The Morgan fingerprint density at radius 1 is 0.970 bits per heavy atom. The number of hydrogen-bond acceptors (Lipinski definition) is 5. The lowest BCUT2D eigenvalue weighted by atomic mass is 9.95. The van der Waals surface area contributed by atoms with Crippen LogP contribution in [-0.2, 0) is 14.3 Å². The molecule has 0 spiro atoms. The Morgan fingerprint density at radius 3 is 2.36 bits per heavy atom. The van der Waals surface area contributed by atoms with Gasteiger partial charge in [-0.05, 0) is 54.8 Å². The van der Waals surface area contributed by atoms with Gasteiger partial charge in [-0.3, -0.25) is 9.59 Å². The highest BCUT2D eigenvalue weighted by Crippen LogP contribution is 2.28. The molecule has 33 heavy (non-hydrogen) atoms. The summed E-state index contributed by atoms with van der Waals surface area (Å²) in [5.74, 6) is -1.38. The number of ether oxygens (including phenoxy) is 1. The van der Waals surface area contributed by atoms with E-state index >= 15 is 0 Å². The second-order valence-electron chi connectivity index (χ2n) is 7.76. The smallest absolute Gasteiger partial charge is 0.348 e. The number of likely N-dealkylation sites (tertiary alicyclic amines) is 1. The molecule has 0 aliphatic carbocycles. The van der Waals surface area contributed by atoms with Gasteiger partial charge in [-0.25, -0.2) is 9.18 Å². The van der Waals surface area contributed by atoms with E-state index in [1.807, 2.05) is 30.3 Å². The number of carbonyl (C=O) groups excluding carboxylic acids is 3. The number of nitrogens with zero attached hydrogens (tertiary/aromatic N) is 1. The quantitative estimate of drug-likeness (QED) is 0.539. The molecule has 1 aliphatic rings. The Kier molecular flexibility index (Phi) is 7.14. The summed E-state index contributed by atoms with van der Waals surface area (Å²) in [7, 11) is 0. The third kappa shape index (κ3) is 5.84. The van der Waals surface area contributed by atoms with E-state index < -0.39 is 5.97 Å². The van der Waals surface area contributed by atoms with Gasteiger partial charge in [0.25, 0.3) is 5.91 Å². The van der Waals surface area contributed by atoms with E-state index in [0.29, 0.717) is 30.8 Å². The Morgan fingerprint density at radius 2 is 1.67 bits per heavy atom. The first-order valence-corrected chi connectivity index (χ1v) is 11.5. The Balaban J connectivity index is 1.23. The average Bonchev–Trinajstić information content (AvgIpc) is 3.34. The van der Waals surface area contributed by atoms with Crippen LogP contribution in [0, 0.1) is 11.7 Å². The first-order valence-electron chi connectivity index (χ1n) is 10.7. The predicted octanol–water partition coefficient (Wildman–Crippen LogP) is 4.59. The number of nitrogens with one attached hydrogen (secondary N) is 1. The van der Waals surface area contributed by atoms with E-state index in [4.69, 9.17) is 4.74 Å². The third-order valence-corrected chi connectivity index (χ3v) is 6.64. The minimum Gasteiger partial charge on any atom is -0.451 e. The highest BCUT2D eigenvalue weighted by Gasteiger charge is 2.28. The number of carbonyl (C=O) groups is 3. The lowest BCUT2D eigenvalue weighted by molar-refractivity contribution is -0.137. The number of halogens is 1. The number of para-hydroxylation sites is 1. The van der Waals surface area contributed by atoms with Gasteiger partial charge in [0.2, 0.25) is 5.91 Å².